The number of fused-ring (bicyclic) bond motifs is 1. The van der Waals surface area contributed by atoms with Crippen LogP contribution >= 0.6 is 0 Å². The molecule has 13 heteroatoms. The molecule has 9 nitrogen and oxygen atoms in total. The van der Waals surface area contributed by atoms with Crippen molar-refractivity contribution >= 4 is 32.9 Å². The van der Waals surface area contributed by atoms with Crippen LogP contribution in [0.2, 0.25) is 0 Å². The molecule has 0 spiro atoms. The molecule has 1 aromatic heterocycles. The summed E-state index contributed by atoms with van der Waals surface area (Å²) in [7, 11) is -3.69. The number of carbonyl (C=O) groups excluding carboxylic acids is 1. The van der Waals surface area contributed by atoms with Gasteiger partial charge in [0.15, 0.2) is 5.96 Å². The van der Waals surface area contributed by atoms with E-state index < -0.39 is 49.5 Å². The van der Waals surface area contributed by atoms with Crippen molar-refractivity contribution in [1.82, 2.24) is 4.57 Å². The highest BCUT2D eigenvalue weighted by Gasteiger charge is 2.35. The highest BCUT2D eigenvalue weighted by atomic mass is 32.2. The van der Waals surface area contributed by atoms with E-state index in [1.807, 2.05) is 0 Å². The van der Waals surface area contributed by atoms with Gasteiger partial charge in [0.1, 0.15) is 10.6 Å². The number of alkyl halides is 3. The Kier molecular flexibility index (Phi) is 5.18. The number of guanidine groups is 1. The lowest BCUT2D eigenvalue weighted by Crippen LogP contribution is -2.24. The van der Waals surface area contributed by atoms with Crippen molar-refractivity contribution in [2.45, 2.75) is 11.1 Å². The summed E-state index contributed by atoms with van der Waals surface area (Å²) in [5.74, 6) is -1.68. The summed E-state index contributed by atoms with van der Waals surface area (Å²) in [6.45, 7) is 0. The van der Waals surface area contributed by atoms with E-state index in [4.69, 9.17) is 11.5 Å². The summed E-state index contributed by atoms with van der Waals surface area (Å²) in [6, 6.07) is 1.91. The molecule has 138 valence electrons. The van der Waals surface area contributed by atoms with Crippen LogP contribution < -0.4 is 11.5 Å². The van der Waals surface area contributed by atoms with Gasteiger partial charge in [0.2, 0.25) is 0 Å². The molecule has 0 bridgehead atoms. The van der Waals surface area contributed by atoms with Crippen LogP contribution in [0.5, 0.6) is 0 Å². The number of halogens is 3. The first-order chi connectivity index (χ1) is 10.8. The van der Waals surface area contributed by atoms with Gasteiger partial charge in [-0.15, -0.1) is 0 Å². The van der Waals surface area contributed by atoms with Crippen LogP contribution in [0.15, 0.2) is 28.1 Å². The molecule has 0 aliphatic carbocycles. The number of benzene rings is 1. The number of aromatic nitrogens is 1. The summed E-state index contributed by atoms with van der Waals surface area (Å²) in [5, 5.41) is -0.589. The monoisotopic (exact) mass is 382 g/mol. The van der Waals surface area contributed by atoms with Gasteiger partial charge < -0.3 is 21.5 Å². The number of amides is 1. The molecule has 1 amide bonds. The molecule has 0 saturated heterocycles. The largest absolute Gasteiger partial charge is 0.417 e. The second-order valence-electron chi connectivity index (χ2n) is 4.78. The van der Waals surface area contributed by atoms with Crippen molar-refractivity contribution in [2.24, 2.45) is 23.5 Å². The van der Waals surface area contributed by atoms with Crippen molar-refractivity contribution in [1.29, 1.82) is 0 Å². The molecule has 0 saturated carbocycles. The standard InChI is InChI=1S/C12H11F3N4O4S.H2O/c1-19-7(10(20)18-11(16)17)4-5-6(12(13,14)15)2-3-8(9(5)19)24(21,22)23;/h2-4H,1H3,(H,21,22,23)(H4,16,17,18,20);1H2. The number of aliphatic imine (C=N–C) groups is 1. The highest BCUT2D eigenvalue weighted by molar-refractivity contribution is 7.86. The van der Waals surface area contributed by atoms with Crippen molar-refractivity contribution < 1.29 is 36.4 Å². The Morgan fingerprint density at radius 2 is 1.84 bits per heavy atom. The van der Waals surface area contributed by atoms with E-state index >= 15 is 0 Å². The zero-order chi connectivity index (χ0) is 18.4. The lowest BCUT2D eigenvalue weighted by atomic mass is 10.1. The van der Waals surface area contributed by atoms with Gasteiger partial charge in [0.25, 0.3) is 16.0 Å². The first-order valence-corrected chi connectivity index (χ1v) is 7.59. The van der Waals surface area contributed by atoms with Crippen LogP contribution in [0.3, 0.4) is 0 Å². The maximum absolute atomic E-state index is 13.1. The van der Waals surface area contributed by atoms with Crippen molar-refractivity contribution in [3.05, 3.63) is 29.5 Å². The minimum absolute atomic E-state index is 0. The molecule has 0 atom stereocenters. The molecule has 0 unspecified atom stereocenters. The van der Waals surface area contributed by atoms with Gasteiger partial charge in [-0.3, -0.25) is 9.35 Å². The minimum Gasteiger partial charge on any atom is -0.412 e. The lowest BCUT2D eigenvalue weighted by molar-refractivity contribution is -0.136. The van der Waals surface area contributed by atoms with Gasteiger partial charge in [0, 0.05) is 12.4 Å². The third-order valence-electron chi connectivity index (χ3n) is 3.19. The fourth-order valence-corrected chi connectivity index (χ4v) is 3.00. The average molecular weight is 382 g/mol. The molecule has 0 fully saturated rings. The molecule has 1 heterocycles. The van der Waals surface area contributed by atoms with E-state index in [-0.39, 0.29) is 11.2 Å². The average Bonchev–Trinajstić information content (AvgIpc) is 2.73. The van der Waals surface area contributed by atoms with Crippen molar-refractivity contribution in [2.75, 3.05) is 0 Å². The van der Waals surface area contributed by atoms with Gasteiger partial charge in [-0.2, -0.15) is 26.6 Å². The van der Waals surface area contributed by atoms with Crippen molar-refractivity contribution in [3.63, 3.8) is 0 Å². The summed E-state index contributed by atoms with van der Waals surface area (Å²) >= 11 is 0. The molecule has 1 aromatic carbocycles. The summed E-state index contributed by atoms with van der Waals surface area (Å²) < 4.78 is 72.3. The normalized spacial score (nSPS) is 11.9. The molecule has 25 heavy (non-hydrogen) atoms. The molecule has 0 aliphatic rings. The van der Waals surface area contributed by atoms with Gasteiger partial charge in [-0.25, -0.2) is 0 Å². The number of rotatable bonds is 2. The third kappa shape index (κ3) is 3.72. The number of hydrogen-bond donors (Lipinski definition) is 3. The Labute approximate surface area is 138 Å². The smallest absolute Gasteiger partial charge is 0.412 e. The fourth-order valence-electron chi connectivity index (χ4n) is 2.27. The molecular formula is C12H13F3N4O5S. The maximum atomic E-state index is 13.1. The van der Waals surface area contributed by atoms with Crippen LogP contribution in [-0.2, 0) is 23.3 Å². The Morgan fingerprint density at radius 1 is 1.28 bits per heavy atom. The number of carbonyl (C=O) groups is 1. The van der Waals surface area contributed by atoms with E-state index in [1.54, 1.807) is 0 Å². The van der Waals surface area contributed by atoms with Gasteiger partial charge in [-0.1, -0.05) is 0 Å². The molecule has 2 rings (SSSR count). The first kappa shape index (κ1) is 20.4. The van der Waals surface area contributed by atoms with Crippen LogP contribution in [-0.4, -0.2) is 34.9 Å². The summed E-state index contributed by atoms with van der Waals surface area (Å²) in [4.78, 5) is 14.3. The number of nitrogens with zero attached hydrogens (tertiary/aromatic N) is 2. The lowest BCUT2D eigenvalue weighted by Gasteiger charge is -2.11. The zero-order valence-corrected chi connectivity index (χ0v) is 13.3. The van der Waals surface area contributed by atoms with E-state index in [0.29, 0.717) is 12.1 Å². The van der Waals surface area contributed by atoms with Gasteiger partial charge in [0.05, 0.1) is 11.1 Å². The Bertz CT molecular complexity index is 975. The van der Waals surface area contributed by atoms with E-state index in [9.17, 15) is 30.9 Å². The Balaban J connectivity index is 0.00000312. The number of hydrogen-bond acceptors (Lipinski definition) is 3. The zero-order valence-electron chi connectivity index (χ0n) is 12.5. The number of nitrogens with two attached hydrogens (primary N) is 2. The molecule has 7 N–H and O–H groups in total. The van der Waals surface area contributed by atoms with E-state index in [0.717, 1.165) is 17.7 Å². The molecular weight excluding hydrogens is 369 g/mol. The van der Waals surface area contributed by atoms with Crippen LogP contribution in [0, 0.1) is 0 Å². The Hall–Kier alpha value is -2.64. The molecule has 2 aromatic rings. The van der Waals surface area contributed by atoms with E-state index in [1.165, 1.54) is 0 Å². The molecule has 0 radical (unpaired) electrons. The maximum Gasteiger partial charge on any atom is 0.417 e. The van der Waals surface area contributed by atoms with Gasteiger partial charge >= 0.3 is 6.18 Å². The first-order valence-electron chi connectivity index (χ1n) is 6.15. The number of aryl methyl sites for hydroxylation is 1. The van der Waals surface area contributed by atoms with Crippen LogP contribution in [0.4, 0.5) is 13.2 Å². The highest BCUT2D eigenvalue weighted by Crippen LogP contribution is 2.38. The predicted octanol–water partition coefficient (Wildman–Crippen LogP) is 0.0327. The van der Waals surface area contributed by atoms with Gasteiger partial charge in [-0.05, 0) is 18.2 Å². The van der Waals surface area contributed by atoms with Crippen LogP contribution in [0.1, 0.15) is 16.1 Å². The topological polar surface area (TPSA) is 172 Å². The minimum atomic E-state index is -4.83. The third-order valence-corrected chi connectivity index (χ3v) is 4.08. The second-order valence-corrected chi connectivity index (χ2v) is 6.17. The Morgan fingerprint density at radius 3 is 2.28 bits per heavy atom. The fraction of sp³-hybridized carbons (Fsp3) is 0.167. The second kappa shape index (κ2) is 6.34. The van der Waals surface area contributed by atoms with Crippen LogP contribution in [0.25, 0.3) is 10.9 Å². The van der Waals surface area contributed by atoms with Crippen molar-refractivity contribution in [3.8, 4) is 0 Å². The molecule has 0 aliphatic heterocycles. The quantitative estimate of drug-likeness (QED) is 0.375. The summed E-state index contributed by atoms with van der Waals surface area (Å²) in [6.07, 6.45) is -4.81. The SMILES string of the molecule is Cn1c(C(=O)N=C(N)N)cc2c(C(F)(F)F)ccc(S(=O)(=O)O)c21.O. The summed E-state index contributed by atoms with van der Waals surface area (Å²) in [5.41, 5.74) is 8.05. The predicted molar refractivity (Wildman–Crippen MR) is 81.5 cm³/mol. The van der Waals surface area contributed by atoms with E-state index in [2.05, 4.69) is 4.99 Å².